The van der Waals surface area contributed by atoms with E-state index in [1.807, 2.05) is 32.9 Å². The Balaban J connectivity index is 1.45. The molecule has 0 bridgehead atoms. The predicted octanol–water partition coefficient (Wildman–Crippen LogP) is 7.53. The van der Waals surface area contributed by atoms with Gasteiger partial charge in [-0.15, -0.1) is 0 Å². The van der Waals surface area contributed by atoms with Crippen molar-refractivity contribution in [1.29, 1.82) is 0 Å². The molecule has 1 spiro atoms. The maximum atomic E-state index is 13.3. The molecular formula is C31H36F3N5O4S. The van der Waals surface area contributed by atoms with E-state index in [1.165, 1.54) is 6.07 Å². The second kappa shape index (κ2) is 11.6. The first-order chi connectivity index (χ1) is 20.5. The van der Waals surface area contributed by atoms with Crippen molar-refractivity contribution in [2.24, 2.45) is 11.3 Å². The van der Waals surface area contributed by atoms with Gasteiger partial charge >= 0.3 is 18.2 Å². The van der Waals surface area contributed by atoms with E-state index < -0.39 is 22.8 Å². The van der Waals surface area contributed by atoms with Gasteiger partial charge in [-0.3, -0.25) is 0 Å². The van der Waals surface area contributed by atoms with Crippen LogP contribution in [0.2, 0.25) is 0 Å². The van der Waals surface area contributed by atoms with E-state index in [0.29, 0.717) is 36.4 Å². The van der Waals surface area contributed by atoms with Gasteiger partial charge in [-0.2, -0.15) is 22.5 Å². The number of alkyl halides is 3. The first-order valence-electron chi connectivity index (χ1n) is 14.4. The number of carbonyl (C=O) groups is 2. The average Bonchev–Trinajstić information content (AvgIpc) is 3.34. The van der Waals surface area contributed by atoms with Gasteiger partial charge in [-0.1, -0.05) is 38.1 Å². The number of carboxylic acids is 1. The maximum Gasteiger partial charge on any atom is 0.444 e. The van der Waals surface area contributed by atoms with E-state index in [4.69, 9.17) is 4.74 Å². The molecule has 1 amide bonds. The van der Waals surface area contributed by atoms with Crippen LogP contribution in [0.15, 0.2) is 42.5 Å². The highest BCUT2D eigenvalue weighted by molar-refractivity contribution is 7.05. The highest BCUT2D eigenvalue weighted by atomic mass is 32.1. The molecule has 5 rings (SSSR count). The number of carbonyl (C=O) groups excluding carboxylic acids is 1. The van der Waals surface area contributed by atoms with Crippen LogP contribution >= 0.6 is 11.5 Å². The van der Waals surface area contributed by atoms with Crippen molar-refractivity contribution < 1.29 is 32.6 Å². The van der Waals surface area contributed by atoms with Crippen molar-refractivity contribution >= 4 is 40.9 Å². The first-order valence-corrected chi connectivity index (χ1v) is 15.2. The molecule has 2 aliphatic rings. The minimum atomic E-state index is -4.62. The Hall–Kier alpha value is -3.87. The molecule has 0 radical (unpaired) electrons. The van der Waals surface area contributed by atoms with Gasteiger partial charge in [0.05, 0.1) is 16.9 Å². The number of nitrogens with one attached hydrogen (secondary N) is 1. The summed E-state index contributed by atoms with van der Waals surface area (Å²) in [6.45, 7) is 11.6. The predicted molar refractivity (Wildman–Crippen MR) is 162 cm³/mol. The summed E-state index contributed by atoms with van der Waals surface area (Å²) in [4.78, 5) is 32.1. The summed E-state index contributed by atoms with van der Waals surface area (Å²) in [6, 6.07) is 12.1. The molecule has 1 saturated carbocycles. The molecule has 3 aromatic rings. The van der Waals surface area contributed by atoms with Crippen molar-refractivity contribution in [2.45, 2.75) is 65.3 Å². The van der Waals surface area contributed by atoms with Gasteiger partial charge in [-0.25, -0.2) is 9.59 Å². The van der Waals surface area contributed by atoms with Crippen LogP contribution in [0.25, 0.3) is 11.1 Å². The molecule has 1 aliphatic carbocycles. The highest BCUT2D eigenvalue weighted by Gasteiger charge is 2.56. The SMILES string of the molecule is CC(C)CN(c1ccc(-c2ccccc2C(=O)O)cc1Nc1nsc(C(F)(F)F)n1)C1CC2(C1)CN(C(=O)OC(C)(C)C)C2. The summed E-state index contributed by atoms with van der Waals surface area (Å²) in [5.74, 6) is -1.01. The zero-order chi connectivity index (χ0) is 32.0. The number of amides is 1. The third-order valence-corrected chi connectivity index (χ3v) is 8.49. The van der Waals surface area contributed by atoms with Gasteiger partial charge < -0.3 is 25.0 Å². The molecule has 2 heterocycles. The van der Waals surface area contributed by atoms with E-state index in [9.17, 15) is 27.9 Å². The fourth-order valence-electron chi connectivity index (χ4n) is 5.96. The van der Waals surface area contributed by atoms with Crippen LogP contribution in [0.1, 0.15) is 62.8 Å². The minimum absolute atomic E-state index is 0.00282. The van der Waals surface area contributed by atoms with Gasteiger partial charge in [0, 0.05) is 31.1 Å². The molecule has 236 valence electrons. The number of carboxylic acid groups (broad SMARTS) is 1. The van der Waals surface area contributed by atoms with E-state index in [2.05, 4.69) is 33.4 Å². The number of aromatic nitrogens is 2. The zero-order valence-corrected chi connectivity index (χ0v) is 26.1. The molecular weight excluding hydrogens is 595 g/mol. The Labute approximate surface area is 258 Å². The Morgan fingerprint density at radius 2 is 1.84 bits per heavy atom. The van der Waals surface area contributed by atoms with E-state index >= 15 is 0 Å². The molecule has 9 nitrogen and oxygen atoms in total. The van der Waals surface area contributed by atoms with Crippen molar-refractivity contribution in [3.8, 4) is 11.1 Å². The van der Waals surface area contributed by atoms with Crippen molar-refractivity contribution in [3.63, 3.8) is 0 Å². The third kappa shape index (κ3) is 6.77. The molecule has 1 saturated heterocycles. The molecule has 2 N–H and O–H groups in total. The first kappa shape index (κ1) is 31.6. The van der Waals surface area contributed by atoms with Crippen LogP contribution in [0.5, 0.6) is 0 Å². The molecule has 2 aromatic carbocycles. The summed E-state index contributed by atoms with van der Waals surface area (Å²) in [7, 11) is 0. The Kier molecular flexibility index (Phi) is 8.29. The number of rotatable bonds is 8. The standard InChI is InChI=1S/C31H36F3N5O4S/c1-18(2)15-39(20-13-30(14-20)16-38(17-30)28(42)43-29(3,4)5)24-11-10-19(21-8-6-7-9-22(21)25(40)41)12-23(24)35-27-36-26(44-37-27)31(32,33)34/h6-12,18,20H,13-17H2,1-5H3,(H,35,37)(H,40,41). The monoisotopic (exact) mass is 631 g/mol. The number of benzene rings is 2. The largest absolute Gasteiger partial charge is 0.478 e. The van der Waals surface area contributed by atoms with Gasteiger partial charge in [-0.05, 0) is 80.4 Å². The number of ether oxygens (including phenoxy) is 1. The topological polar surface area (TPSA) is 108 Å². The average molecular weight is 632 g/mol. The summed E-state index contributed by atoms with van der Waals surface area (Å²) >= 11 is 0.263. The normalized spacial score (nSPS) is 16.4. The van der Waals surface area contributed by atoms with E-state index in [-0.39, 0.29) is 46.5 Å². The number of hydrogen-bond donors (Lipinski definition) is 2. The van der Waals surface area contributed by atoms with Crippen LogP contribution in [0.3, 0.4) is 0 Å². The number of anilines is 3. The number of halogens is 3. The minimum Gasteiger partial charge on any atom is -0.478 e. The van der Waals surface area contributed by atoms with Gasteiger partial charge in [0.1, 0.15) is 5.60 Å². The molecule has 0 atom stereocenters. The number of aromatic carboxylic acids is 1. The number of likely N-dealkylation sites (tertiary alicyclic amines) is 1. The maximum absolute atomic E-state index is 13.3. The zero-order valence-electron chi connectivity index (χ0n) is 25.2. The van der Waals surface area contributed by atoms with Crippen LogP contribution in [-0.4, -0.2) is 62.7 Å². The van der Waals surface area contributed by atoms with Crippen molar-refractivity contribution in [1.82, 2.24) is 14.3 Å². The number of hydrogen-bond acceptors (Lipinski definition) is 8. The van der Waals surface area contributed by atoms with E-state index in [1.54, 1.807) is 29.2 Å². The van der Waals surface area contributed by atoms with Crippen LogP contribution in [0, 0.1) is 11.3 Å². The molecule has 1 aliphatic heterocycles. The summed E-state index contributed by atoms with van der Waals surface area (Å²) in [6.07, 6.45) is -3.25. The molecule has 2 fully saturated rings. The van der Waals surface area contributed by atoms with Crippen molar-refractivity contribution in [3.05, 3.63) is 53.0 Å². The smallest absolute Gasteiger partial charge is 0.444 e. The fraction of sp³-hybridized carbons (Fsp3) is 0.484. The molecule has 44 heavy (non-hydrogen) atoms. The Morgan fingerprint density at radius 1 is 1.16 bits per heavy atom. The summed E-state index contributed by atoms with van der Waals surface area (Å²) in [5.41, 5.74) is 1.83. The number of nitrogens with zero attached hydrogens (tertiary/aromatic N) is 4. The Morgan fingerprint density at radius 3 is 2.43 bits per heavy atom. The third-order valence-electron chi connectivity index (χ3n) is 7.73. The van der Waals surface area contributed by atoms with Gasteiger partial charge in [0.2, 0.25) is 11.0 Å². The quantitative estimate of drug-likeness (QED) is 0.263. The van der Waals surface area contributed by atoms with Gasteiger partial charge in [0.25, 0.3) is 0 Å². The second-order valence-corrected chi connectivity index (χ2v) is 13.8. The molecule has 0 unspecified atom stereocenters. The lowest BCUT2D eigenvalue weighted by Crippen LogP contribution is -2.68. The van der Waals surface area contributed by atoms with Crippen molar-refractivity contribution in [2.75, 3.05) is 29.9 Å². The van der Waals surface area contributed by atoms with Crippen LogP contribution in [-0.2, 0) is 10.9 Å². The fourth-order valence-corrected chi connectivity index (χ4v) is 6.45. The Bertz CT molecular complexity index is 1540. The lowest BCUT2D eigenvalue weighted by molar-refractivity contribution is -0.137. The lowest BCUT2D eigenvalue weighted by Gasteiger charge is -2.61. The summed E-state index contributed by atoms with van der Waals surface area (Å²) < 4.78 is 49.3. The van der Waals surface area contributed by atoms with E-state index in [0.717, 1.165) is 18.5 Å². The van der Waals surface area contributed by atoms with Crippen LogP contribution in [0.4, 0.5) is 35.3 Å². The second-order valence-electron chi connectivity index (χ2n) is 13.1. The highest BCUT2D eigenvalue weighted by Crippen LogP contribution is 2.52. The van der Waals surface area contributed by atoms with Gasteiger partial charge in [0.15, 0.2) is 0 Å². The summed E-state index contributed by atoms with van der Waals surface area (Å²) in [5, 5.41) is 11.7. The molecule has 1 aromatic heterocycles. The molecule has 13 heteroatoms. The van der Waals surface area contributed by atoms with Crippen LogP contribution < -0.4 is 10.2 Å². The lowest BCUT2D eigenvalue weighted by atomic mass is 9.60.